The number of halogens is 2. The fraction of sp³-hybridized carbons (Fsp3) is 0.222. The van der Waals surface area contributed by atoms with Crippen LogP contribution in [-0.2, 0) is 16.0 Å². The summed E-state index contributed by atoms with van der Waals surface area (Å²) in [5, 5.41) is 9.10. The Balaban J connectivity index is 1.67. The number of hydrogen-bond donors (Lipinski definition) is 0. The van der Waals surface area contributed by atoms with E-state index in [0.717, 1.165) is 16.9 Å². The molecule has 0 aromatic heterocycles. The Morgan fingerprint density at radius 2 is 1.77 bits per heavy atom. The van der Waals surface area contributed by atoms with Gasteiger partial charge in [0.05, 0.1) is 16.4 Å². The third-order valence-electron chi connectivity index (χ3n) is 4.55. The van der Waals surface area contributed by atoms with E-state index < -0.39 is 29.7 Å². The first-order valence-electron chi connectivity index (χ1n) is 8.13. The van der Waals surface area contributed by atoms with Crippen molar-refractivity contribution in [3.8, 4) is 0 Å². The first-order chi connectivity index (χ1) is 12.5. The molecule has 2 aromatic carbocycles. The average Bonchev–Trinajstić information content (AvgIpc) is 3.18. The van der Waals surface area contributed by atoms with Gasteiger partial charge < -0.3 is 0 Å². The number of benzene rings is 2. The summed E-state index contributed by atoms with van der Waals surface area (Å²) in [5.41, 5.74) is 2.01. The van der Waals surface area contributed by atoms with Crippen molar-refractivity contribution in [1.82, 2.24) is 0 Å². The molecule has 0 bridgehead atoms. The molecule has 0 spiro atoms. The molecule has 2 heterocycles. The molecule has 2 atom stereocenters. The van der Waals surface area contributed by atoms with Gasteiger partial charge >= 0.3 is 0 Å². The Morgan fingerprint density at radius 3 is 2.42 bits per heavy atom. The van der Waals surface area contributed by atoms with Crippen molar-refractivity contribution >= 4 is 34.8 Å². The van der Waals surface area contributed by atoms with Crippen LogP contribution >= 0.6 is 11.6 Å². The zero-order valence-corrected chi connectivity index (χ0v) is 14.5. The van der Waals surface area contributed by atoms with Gasteiger partial charge in [0.15, 0.2) is 12.1 Å². The number of nitrogens with zero attached hydrogens (tertiary/aromatic N) is 4. The number of imide groups is 1. The number of aryl methyl sites for hydroxylation is 1. The smallest absolute Gasteiger partial charge is 0.263 e. The highest BCUT2D eigenvalue weighted by atomic mass is 35.5. The van der Waals surface area contributed by atoms with E-state index in [1.165, 1.54) is 23.2 Å². The number of fused-ring (bicyclic) bond motifs is 1. The van der Waals surface area contributed by atoms with Crippen molar-refractivity contribution < 1.29 is 14.0 Å². The summed E-state index contributed by atoms with van der Waals surface area (Å²) in [5.74, 6) is -1.42. The molecule has 26 heavy (non-hydrogen) atoms. The SMILES string of the molecule is CCc1ccc(N2C(=O)[C@H]3N=NN(c4ccc(F)c(Cl)c4)[C@H]3C2=O)cc1. The Hall–Kier alpha value is -2.80. The first-order valence-corrected chi connectivity index (χ1v) is 8.51. The Bertz CT molecular complexity index is 931. The van der Waals surface area contributed by atoms with Crippen molar-refractivity contribution in [3.05, 3.63) is 58.9 Å². The van der Waals surface area contributed by atoms with Gasteiger partial charge in [0.25, 0.3) is 11.8 Å². The lowest BCUT2D eigenvalue weighted by molar-refractivity contribution is -0.121. The lowest BCUT2D eigenvalue weighted by Gasteiger charge is -2.21. The Labute approximate surface area is 153 Å². The monoisotopic (exact) mass is 372 g/mol. The average molecular weight is 373 g/mol. The topological polar surface area (TPSA) is 65.3 Å². The fourth-order valence-corrected chi connectivity index (χ4v) is 3.31. The zero-order chi connectivity index (χ0) is 18.4. The Morgan fingerprint density at radius 1 is 1.08 bits per heavy atom. The second kappa shape index (κ2) is 6.17. The van der Waals surface area contributed by atoms with Crippen molar-refractivity contribution in [1.29, 1.82) is 0 Å². The van der Waals surface area contributed by atoms with E-state index in [9.17, 15) is 14.0 Å². The van der Waals surface area contributed by atoms with Gasteiger partial charge in [-0.05, 0) is 42.3 Å². The fourth-order valence-electron chi connectivity index (χ4n) is 3.14. The first kappa shape index (κ1) is 16.7. The summed E-state index contributed by atoms with van der Waals surface area (Å²) in [6.07, 6.45) is 0.862. The number of carbonyl (C=O) groups excluding carboxylic acids is 2. The summed E-state index contributed by atoms with van der Waals surface area (Å²) in [4.78, 5) is 26.7. The summed E-state index contributed by atoms with van der Waals surface area (Å²) in [7, 11) is 0. The standard InChI is InChI=1S/C18H14ClFN4O2/c1-2-10-3-5-11(6-4-10)23-17(25)15-16(18(23)26)24(22-21-15)12-7-8-14(20)13(19)9-12/h3-9,15-16H,2H2,1H3/t15-,16+/m0/s1. The molecule has 0 saturated carbocycles. The quantitative estimate of drug-likeness (QED) is 0.774. The van der Waals surface area contributed by atoms with Gasteiger partial charge in [0, 0.05) is 0 Å². The van der Waals surface area contributed by atoms with Crippen LogP contribution in [0.4, 0.5) is 15.8 Å². The molecule has 2 amide bonds. The zero-order valence-electron chi connectivity index (χ0n) is 13.8. The summed E-state index contributed by atoms with van der Waals surface area (Å²) < 4.78 is 13.4. The van der Waals surface area contributed by atoms with Crippen LogP contribution in [0.1, 0.15) is 12.5 Å². The van der Waals surface area contributed by atoms with Crippen LogP contribution in [0.15, 0.2) is 52.8 Å². The largest absolute Gasteiger partial charge is 0.271 e. The second-order valence-corrected chi connectivity index (χ2v) is 6.48. The molecule has 0 unspecified atom stereocenters. The normalized spacial score (nSPS) is 21.7. The van der Waals surface area contributed by atoms with Crippen LogP contribution in [-0.4, -0.2) is 23.9 Å². The maximum Gasteiger partial charge on any atom is 0.263 e. The summed E-state index contributed by atoms with van der Waals surface area (Å²) in [6, 6.07) is 9.41. The van der Waals surface area contributed by atoms with E-state index in [4.69, 9.17) is 11.6 Å². The van der Waals surface area contributed by atoms with Gasteiger partial charge in [0.2, 0.25) is 0 Å². The van der Waals surface area contributed by atoms with Crippen LogP contribution in [0, 0.1) is 5.82 Å². The van der Waals surface area contributed by atoms with Crippen LogP contribution in [0.25, 0.3) is 0 Å². The third-order valence-corrected chi connectivity index (χ3v) is 4.84. The molecule has 2 aromatic rings. The van der Waals surface area contributed by atoms with Crippen LogP contribution in [0.2, 0.25) is 5.02 Å². The molecule has 2 aliphatic heterocycles. The number of hydrogen-bond acceptors (Lipinski definition) is 5. The van der Waals surface area contributed by atoms with Gasteiger partial charge in [-0.3, -0.25) is 9.59 Å². The van der Waals surface area contributed by atoms with E-state index in [1.54, 1.807) is 12.1 Å². The lowest BCUT2D eigenvalue weighted by atomic mass is 10.1. The van der Waals surface area contributed by atoms with Crippen molar-refractivity contribution in [2.45, 2.75) is 25.4 Å². The third kappa shape index (κ3) is 2.47. The maximum absolute atomic E-state index is 13.4. The highest BCUT2D eigenvalue weighted by Gasteiger charge is 2.55. The van der Waals surface area contributed by atoms with E-state index >= 15 is 0 Å². The van der Waals surface area contributed by atoms with Gasteiger partial charge in [-0.15, -0.1) is 0 Å². The molecule has 0 aliphatic carbocycles. The molecular weight excluding hydrogens is 359 g/mol. The molecule has 6 nitrogen and oxygen atoms in total. The second-order valence-electron chi connectivity index (χ2n) is 6.07. The van der Waals surface area contributed by atoms with E-state index in [-0.39, 0.29) is 5.02 Å². The highest BCUT2D eigenvalue weighted by molar-refractivity contribution is 6.31. The number of carbonyl (C=O) groups is 2. The molecule has 1 fully saturated rings. The van der Waals surface area contributed by atoms with Gasteiger partial charge in [0.1, 0.15) is 5.82 Å². The molecular formula is C18H14ClFN4O2. The van der Waals surface area contributed by atoms with E-state index in [2.05, 4.69) is 10.3 Å². The highest BCUT2D eigenvalue weighted by Crippen LogP contribution is 2.36. The van der Waals surface area contributed by atoms with Crippen LogP contribution < -0.4 is 9.91 Å². The number of amides is 2. The predicted molar refractivity (Wildman–Crippen MR) is 94.6 cm³/mol. The van der Waals surface area contributed by atoms with E-state index in [0.29, 0.717) is 11.4 Å². The minimum absolute atomic E-state index is 0.0927. The minimum atomic E-state index is -0.919. The molecule has 4 rings (SSSR count). The molecule has 2 aliphatic rings. The van der Waals surface area contributed by atoms with Crippen molar-refractivity contribution in [2.75, 3.05) is 9.91 Å². The molecule has 0 N–H and O–H groups in total. The van der Waals surface area contributed by atoms with Gasteiger partial charge in [-0.25, -0.2) is 14.3 Å². The maximum atomic E-state index is 13.4. The van der Waals surface area contributed by atoms with Gasteiger partial charge in [-0.1, -0.05) is 35.9 Å². The van der Waals surface area contributed by atoms with Crippen molar-refractivity contribution in [3.63, 3.8) is 0 Å². The van der Waals surface area contributed by atoms with Crippen LogP contribution in [0.5, 0.6) is 0 Å². The molecule has 0 radical (unpaired) electrons. The summed E-state index contributed by atoms with van der Waals surface area (Å²) >= 11 is 5.82. The molecule has 1 saturated heterocycles. The van der Waals surface area contributed by atoms with E-state index in [1.807, 2.05) is 19.1 Å². The molecule has 132 valence electrons. The van der Waals surface area contributed by atoms with Crippen LogP contribution in [0.3, 0.4) is 0 Å². The molecule has 8 heteroatoms. The Kier molecular flexibility index (Phi) is 3.96. The predicted octanol–water partition coefficient (Wildman–Crippen LogP) is 3.54. The minimum Gasteiger partial charge on any atom is -0.271 e. The van der Waals surface area contributed by atoms with Gasteiger partial charge in [-0.2, -0.15) is 5.11 Å². The lowest BCUT2D eigenvalue weighted by Crippen LogP contribution is -2.39. The number of rotatable bonds is 3. The number of anilines is 2. The summed E-state index contributed by atoms with van der Waals surface area (Å²) in [6.45, 7) is 2.03. The van der Waals surface area contributed by atoms with Crippen molar-refractivity contribution in [2.24, 2.45) is 10.3 Å².